The van der Waals surface area contributed by atoms with Crippen molar-refractivity contribution in [3.63, 3.8) is 0 Å². The predicted octanol–water partition coefficient (Wildman–Crippen LogP) is 4.14. The summed E-state index contributed by atoms with van der Waals surface area (Å²) in [6.07, 6.45) is 1.90. The third-order valence-corrected chi connectivity index (χ3v) is 3.82. The lowest BCUT2D eigenvalue weighted by atomic mass is 10.1. The Kier molecular flexibility index (Phi) is 2.58. The van der Waals surface area contributed by atoms with Gasteiger partial charge in [-0.1, -0.05) is 12.1 Å². The maximum atomic E-state index is 8.92. The van der Waals surface area contributed by atoms with Gasteiger partial charge in [-0.3, -0.25) is 4.98 Å². The molecule has 0 atom stereocenters. The van der Waals surface area contributed by atoms with Gasteiger partial charge < -0.3 is 0 Å². The first-order valence-corrected chi connectivity index (χ1v) is 6.44. The number of pyridine rings is 1. The zero-order valence-electron chi connectivity index (χ0n) is 9.84. The quantitative estimate of drug-likeness (QED) is 0.650. The molecule has 0 spiro atoms. The molecule has 0 fully saturated rings. The van der Waals surface area contributed by atoms with E-state index in [-0.39, 0.29) is 0 Å². The van der Waals surface area contributed by atoms with Crippen molar-refractivity contribution in [1.82, 2.24) is 4.98 Å². The van der Waals surface area contributed by atoms with Crippen molar-refractivity contribution in [2.24, 2.45) is 0 Å². The van der Waals surface area contributed by atoms with E-state index in [1.807, 2.05) is 24.4 Å². The van der Waals surface area contributed by atoms with Crippen molar-refractivity contribution < 1.29 is 0 Å². The fraction of sp³-hybridized carbons (Fsp3) is 0.0667. The van der Waals surface area contributed by atoms with Gasteiger partial charge >= 0.3 is 0 Å². The maximum Gasteiger partial charge on any atom is 0.0991 e. The molecule has 0 radical (unpaired) electrons. The molecule has 3 aromatic rings. The van der Waals surface area contributed by atoms with E-state index < -0.39 is 0 Å². The molecule has 2 heterocycles. The first kappa shape index (κ1) is 10.9. The van der Waals surface area contributed by atoms with E-state index in [4.69, 9.17) is 5.26 Å². The van der Waals surface area contributed by atoms with Crippen LogP contribution in [-0.2, 0) is 0 Å². The molecule has 0 aliphatic carbocycles. The minimum atomic E-state index is 0.663. The van der Waals surface area contributed by atoms with E-state index in [2.05, 4.69) is 30.1 Å². The number of thiophene rings is 1. The van der Waals surface area contributed by atoms with Crippen LogP contribution in [0.4, 0.5) is 0 Å². The third-order valence-electron chi connectivity index (χ3n) is 2.81. The average Bonchev–Trinajstić information content (AvgIpc) is 2.77. The number of benzene rings is 1. The molecular formula is C15H10N2S. The highest BCUT2D eigenvalue weighted by Gasteiger charge is 2.04. The number of nitrogens with zero attached hydrogens (tertiary/aromatic N) is 2. The number of aryl methyl sites for hydroxylation is 1. The molecular weight excluding hydrogens is 240 g/mol. The van der Waals surface area contributed by atoms with Crippen LogP contribution in [0.1, 0.15) is 10.4 Å². The lowest BCUT2D eigenvalue weighted by Crippen LogP contribution is -1.83. The van der Waals surface area contributed by atoms with Crippen molar-refractivity contribution in [3.8, 4) is 17.3 Å². The van der Waals surface area contributed by atoms with Gasteiger partial charge in [-0.2, -0.15) is 5.26 Å². The van der Waals surface area contributed by atoms with Crippen LogP contribution in [0.15, 0.2) is 42.6 Å². The Morgan fingerprint density at radius 3 is 2.94 bits per heavy atom. The molecule has 3 heteroatoms. The molecule has 2 nitrogen and oxygen atoms in total. The van der Waals surface area contributed by atoms with E-state index in [1.54, 1.807) is 17.4 Å². The molecule has 0 aliphatic heterocycles. The molecule has 0 saturated carbocycles. The summed E-state index contributed by atoms with van der Waals surface area (Å²) in [4.78, 5) is 5.75. The van der Waals surface area contributed by atoms with Crippen molar-refractivity contribution in [3.05, 3.63) is 53.0 Å². The second kappa shape index (κ2) is 4.25. The normalized spacial score (nSPS) is 10.4. The number of fused-ring (bicyclic) bond motifs is 1. The molecule has 0 unspecified atom stereocenters. The molecule has 18 heavy (non-hydrogen) atoms. The van der Waals surface area contributed by atoms with Gasteiger partial charge in [-0.05, 0) is 36.6 Å². The van der Waals surface area contributed by atoms with E-state index >= 15 is 0 Å². The van der Waals surface area contributed by atoms with Crippen LogP contribution in [-0.4, -0.2) is 4.98 Å². The maximum absolute atomic E-state index is 8.92. The summed E-state index contributed by atoms with van der Waals surface area (Å²) in [6, 6.07) is 13.9. The molecule has 86 valence electrons. The standard InChI is InChI=1S/C15H10N2S/c1-10-5-13-7-14(17-9-15(13)18-10)12-4-2-3-11(6-12)8-16/h2-7,9H,1H3. The first-order valence-electron chi connectivity index (χ1n) is 5.63. The molecule has 3 rings (SSSR count). The summed E-state index contributed by atoms with van der Waals surface area (Å²) in [5.74, 6) is 0. The largest absolute Gasteiger partial charge is 0.255 e. The first-order chi connectivity index (χ1) is 8.76. The minimum Gasteiger partial charge on any atom is -0.255 e. The van der Waals surface area contributed by atoms with Crippen LogP contribution >= 0.6 is 11.3 Å². The Morgan fingerprint density at radius 1 is 1.22 bits per heavy atom. The Balaban J connectivity index is 2.16. The smallest absolute Gasteiger partial charge is 0.0991 e. The predicted molar refractivity (Wildman–Crippen MR) is 74.5 cm³/mol. The van der Waals surface area contributed by atoms with Crippen LogP contribution < -0.4 is 0 Å². The summed E-state index contributed by atoms with van der Waals surface area (Å²) in [5.41, 5.74) is 2.56. The van der Waals surface area contributed by atoms with E-state index in [9.17, 15) is 0 Å². The number of aromatic nitrogens is 1. The molecule has 2 aromatic heterocycles. The Bertz CT molecular complexity index is 766. The Morgan fingerprint density at radius 2 is 2.11 bits per heavy atom. The molecule has 1 aromatic carbocycles. The summed E-state index contributed by atoms with van der Waals surface area (Å²) in [6.45, 7) is 2.10. The van der Waals surface area contributed by atoms with Crippen molar-refractivity contribution in [2.45, 2.75) is 6.92 Å². The van der Waals surface area contributed by atoms with Gasteiger partial charge in [0.25, 0.3) is 0 Å². The highest BCUT2D eigenvalue weighted by molar-refractivity contribution is 7.18. The van der Waals surface area contributed by atoms with Gasteiger partial charge in [0.2, 0.25) is 0 Å². The second-order valence-corrected chi connectivity index (χ2v) is 5.44. The average molecular weight is 250 g/mol. The highest BCUT2D eigenvalue weighted by atomic mass is 32.1. The number of rotatable bonds is 1. The van der Waals surface area contributed by atoms with E-state index in [1.165, 1.54) is 15.0 Å². The lowest BCUT2D eigenvalue weighted by molar-refractivity contribution is 1.36. The van der Waals surface area contributed by atoms with Gasteiger partial charge in [0.05, 0.1) is 22.0 Å². The van der Waals surface area contributed by atoms with Crippen molar-refractivity contribution in [1.29, 1.82) is 5.26 Å². The third kappa shape index (κ3) is 1.87. The number of hydrogen-bond acceptors (Lipinski definition) is 3. The molecule has 0 saturated heterocycles. The monoisotopic (exact) mass is 250 g/mol. The van der Waals surface area contributed by atoms with Gasteiger partial charge in [-0.25, -0.2) is 0 Å². The molecule has 0 bridgehead atoms. The lowest BCUT2D eigenvalue weighted by Gasteiger charge is -2.01. The highest BCUT2D eigenvalue weighted by Crippen LogP contribution is 2.28. The zero-order chi connectivity index (χ0) is 12.5. The van der Waals surface area contributed by atoms with E-state index in [0.29, 0.717) is 5.56 Å². The van der Waals surface area contributed by atoms with Gasteiger partial charge in [0, 0.05) is 16.6 Å². The van der Waals surface area contributed by atoms with Gasteiger partial charge in [0.1, 0.15) is 0 Å². The van der Waals surface area contributed by atoms with E-state index in [0.717, 1.165) is 11.3 Å². The fourth-order valence-electron chi connectivity index (χ4n) is 1.98. The number of nitriles is 1. The SMILES string of the molecule is Cc1cc2cc(-c3cccc(C#N)c3)ncc2s1. The van der Waals surface area contributed by atoms with Crippen molar-refractivity contribution >= 4 is 21.4 Å². The summed E-state index contributed by atoms with van der Waals surface area (Å²) in [7, 11) is 0. The van der Waals surface area contributed by atoms with Crippen LogP contribution in [0, 0.1) is 18.3 Å². The number of hydrogen-bond donors (Lipinski definition) is 0. The zero-order valence-corrected chi connectivity index (χ0v) is 10.7. The summed E-state index contributed by atoms with van der Waals surface area (Å²) in [5, 5.41) is 10.1. The van der Waals surface area contributed by atoms with Crippen LogP contribution in [0.5, 0.6) is 0 Å². The second-order valence-electron chi connectivity index (χ2n) is 4.16. The molecule has 0 N–H and O–H groups in total. The Hall–Kier alpha value is -2.18. The van der Waals surface area contributed by atoms with Crippen molar-refractivity contribution in [2.75, 3.05) is 0 Å². The summed E-state index contributed by atoms with van der Waals surface area (Å²) >= 11 is 1.75. The summed E-state index contributed by atoms with van der Waals surface area (Å²) < 4.78 is 1.20. The van der Waals surface area contributed by atoms with Crippen LogP contribution in [0.3, 0.4) is 0 Å². The topological polar surface area (TPSA) is 36.7 Å². The van der Waals surface area contributed by atoms with Crippen LogP contribution in [0.2, 0.25) is 0 Å². The fourth-order valence-corrected chi connectivity index (χ4v) is 2.86. The Labute approximate surface area is 109 Å². The minimum absolute atomic E-state index is 0.663. The molecule has 0 amide bonds. The van der Waals surface area contributed by atoms with Gasteiger partial charge in [-0.15, -0.1) is 11.3 Å². The van der Waals surface area contributed by atoms with Crippen LogP contribution in [0.25, 0.3) is 21.3 Å². The van der Waals surface area contributed by atoms with Gasteiger partial charge in [0.15, 0.2) is 0 Å². The molecule has 0 aliphatic rings.